The van der Waals surface area contributed by atoms with Gasteiger partial charge in [0, 0.05) is 36.9 Å². The average Bonchev–Trinajstić information content (AvgIpc) is 3.18. The molecule has 0 aliphatic carbocycles. The molecule has 3 unspecified atom stereocenters. The molecular weight excluding hydrogens is 614 g/mol. The topological polar surface area (TPSA) is 58.6 Å². The zero-order valence-electron chi connectivity index (χ0n) is 28.5. The van der Waals surface area contributed by atoms with Gasteiger partial charge in [-0.25, -0.2) is 0 Å². The first-order chi connectivity index (χ1) is 24.3. The highest BCUT2D eigenvalue weighted by Crippen LogP contribution is 2.36. The van der Waals surface area contributed by atoms with Crippen molar-refractivity contribution in [2.45, 2.75) is 96.5 Å². The van der Waals surface area contributed by atoms with E-state index in [1.807, 2.05) is 0 Å². The van der Waals surface area contributed by atoms with Crippen molar-refractivity contribution in [1.29, 1.82) is 0 Å². The highest BCUT2D eigenvalue weighted by molar-refractivity contribution is 5.78. The normalized spacial score (nSPS) is 21.3. The van der Waals surface area contributed by atoms with Crippen LogP contribution in [0.4, 0.5) is 17.1 Å². The van der Waals surface area contributed by atoms with Crippen molar-refractivity contribution in [3.63, 3.8) is 0 Å². The number of rotatable bonds is 13. The van der Waals surface area contributed by atoms with E-state index >= 15 is 0 Å². The fourth-order valence-corrected chi connectivity index (χ4v) is 6.62. The first-order valence-electron chi connectivity index (χ1n) is 18.1. The van der Waals surface area contributed by atoms with Crippen LogP contribution in [0.3, 0.4) is 0 Å². The van der Waals surface area contributed by atoms with Crippen molar-refractivity contribution >= 4 is 17.1 Å². The number of nitrogens with zero attached hydrogens (tertiary/aromatic N) is 1. The van der Waals surface area contributed by atoms with Gasteiger partial charge >= 0.3 is 0 Å². The molecule has 0 bridgehead atoms. The molecule has 3 aliphatic rings. The minimum Gasteiger partial charge on any atom is -0.353 e. The minimum atomic E-state index is -0.101. The van der Waals surface area contributed by atoms with Crippen molar-refractivity contribution in [3.8, 4) is 11.1 Å². The summed E-state index contributed by atoms with van der Waals surface area (Å²) in [5, 5.41) is 0. The zero-order valence-corrected chi connectivity index (χ0v) is 28.5. The van der Waals surface area contributed by atoms with Crippen molar-refractivity contribution < 1.29 is 28.4 Å². The van der Waals surface area contributed by atoms with E-state index < -0.39 is 0 Å². The molecule has 7 nitrogen and oxygen atoms in total. The van der Waals surface area contributed by atoms with Crippen molar-refractivity contribution in [2.24, 2.45) is 0 Å². The summed E-state index contributed by atoms with van der Waals surface area (Å²) in [5.41, 5.74) is 9.00. The second-order valence-corrected chi connectivity index (χ2v) is 13.2. The Balaban J connectivity index is 1.05. The van der Waals surface area contributed by atoms with Crippen molar-refractivity contribution in [3.05, 3.63) is 114 Å². The fourth-order valence-electron chi connectivity index (χ4n) is 6.62. The van der Waals surface area contributed by atoms with Crippen LogP contribution >= 0.6 is 0 Å². The lowest BCUT2D eigenvalue weighted by Gasteiger charge is -2.27. The maximum Gasteiger partial charge on any atom is 0.158 e. The lowest BCUT2D eigenvalue weighted by atomic mass is 10.0. The Kier molecular flexibility index (Phi) is 12.0. The van der Waals surface area contributed by atoms with E-state index in [-0.39, 0.29) is 18.9 Å². The van der Waals surface area contributed by atoms with Crippen LogP contribution < -0.4 is 4.90 Å². The average molecular weight is 664 g/mol. The van der Waals surface area contributed by atoms with Gasteiger partial charge in [-0.3, -0.25) is 0 Å². The van der Waals surface area contributed by atoms with Gasteiger partial charge in [0.25, 0.3) is 0 Å². The Morgan fingerprint density at radius 3 is 1.04 bits per heavy atom. The zero-order chi connectivity index (χ0) is 33.1. The quantitative estimate of drug-likeness (QED) is 0.141. The molecular formula is C42H49NO6. The maximum atomic E-state index is 6.05. The molecule has 3 aliphatic heterocycles. The monoisotopic (exact) mass is 663 g/mol. The van der Waals surface area contributed by atoms with Gasteiger partial charge < -0.3 is 33.3 Å². The van der Waals surface area contributed by atoms with E-state index in [2.05, 4.69) is 102 Å². The van der Waals surface area contributed by atoms with Crippen LogP contribution in [-0.2, 0) is 48.2 Å². The standard InChI is InChI=1S/C42H49NO6/c1-4-26-44-40(7-1)47-29-32-10-16-35(17-11-32)36-18-24-39(25-19-36)43(37-20-12-33(13-21-37)30-48-41-8-2-5-27-45-41)38-22-14-34(15-23-38)31-49-42-9-3-6-28-46-42/h10-25,40-42H,1-9,26-31H2. The number of hydrogen-bond donors (Lipinski definition) is 0. The summed E-state index contributed by atoms with van der Waals surface area (Å²) in [4.78, 5) is 2.29. The van der Waals surface area contributed by atoms with E-state index in [0.29, 0.717) is 19.8 Å². The molecule has 7 heteroatoms. The van der Waals surface area contributed by atoms with Crippen LogP contribution in [0, 0.1) is 0 Å². The Bertz CT molecular complexity index is 1470. The molecule has 0 saturated carbocycles. The predicted molar refractivity (Wildman–Crippen MR) is 192 cm³/mol. The summed E-state index contributed by atoms with van der Waals surface area (Å²) in [6.45, 7) is 4.01. The third-order valence-corrected chi connectivity index (χ3v) is 9.52. The molecule has 49 heavy (non-hydrogen) atoms. The summed E-state index contributed by atoms with van der Waals surface area (Å²) >= 11 is 0. The molecule has 3 saturated heterocycles. The molecule has 0 spiro atoms. The molecule has 4 aromatic carbocycles. The highest BCUT2D eigenvalue weighted by atomic mass is 16.7. The predicted octanol–water partition coefficient (Wildman–Crippen LogP) is 9.95. The van der Waals surface area contributed by atoms with Gasteiger partial charge in [0.1, 0.15) is 0 Å². The Labute approximate surface area is 291 Å². The van der Waals surface area contributed by atoms with Crippen LogP contribution in [0.1, 0.15) is 74.5 Å². The van der Waals surface area contributed by atoms with Crippen molar-refractivity contribution in [1.82, 2.24) is 0 Å². The number of benzene rings is 4. The van der Waals surface area contributed by atoms with Crippen LogP contribution in [-0.4, -0.2) is 38.7 Å². The SMILES string of the molecule is c1cc(-c2ccc(N(c3ccc(COC4CCCCO4)cc3)c3ccc(COC4CCCCO4)cc3)cc2)ccc1COC1CCCCO1. The fraction of sp³-hybridized carbons (Fsp3) is 0.429. The Morgan fingerprint density at radius 2 is 0.714 bits per heavy atom. The lowest BCUT2D eigenvalue weighted by molar-refractivity contribution is -0.169. The van der Waals surface area contributed by atoms with E-state index in [4.69, 9.17) is 28.4 Å². The molecule has 258 valence electrons. The molecule has 0 radical (unpaired) electrons. The Hall–Kier alpha value is -3.56. The largest absolute Gasteiger partial charge is 0.353 e. The van der Waals surface area contributed by atoms with Gasteiger partial charge in [0.2, 0.25) is 0 Å². The third-order valence-electron chi connectivity index (χ3n) is 9.52. The summed E-state index contributed by atoms with van der Waals surface area (Å²) in [7, 11) is 0. The first-order valence-corrected chi connectivity index (χ1v) is 18.1. The smallest absolute Gasteiger partial charge is 0.158 e. The van der Waals surface area contributed by atoms with E-state index in [1.165, 1.54) is 17.5 Å². The van der Waals surface area contributed by atoms with Gasteiger partial charge in [-0.15, -0.1) is 0 Å². The van der Waals surface area contributed by atoms with Gasteiger partial charge in [0.15, 0.2) is 18.9 Å². The number of ether oxygens (including phenoxy) is 6. The van der Waals surface area contributed by atoms with Gasteiger partial charge in [-0.1, -0.05) is 60.7 Å². The number of anilines is 3. The summed E-state index contributed by atoms with van der Waals surface area (Å²) in [6.07, 6.45) is 9.48. The molecule has 3 heterocycles. The van der Waals surface area contributed by atoms with Crippen molar-refractivity contribution in [2.75, 3.05) is 24.7 Å². The van der Waals surface area contributed by atoms with Gasteiger partial charge in [-0.2, -0.15) is 0 Å². The van der Waals surface area contributed by atoms with Gasteiger partial charge in [-0.05, 0) is 122 Å². The molecule has 3 fully saturated rings. The molecule has 7 rings (SSSR count). The number of hydrogen-bond acceptors (Lipinski definition) is 7. The molecule has 0 amide bonds. The van der Waals surface area contributed by atoms with Crippen LogP contribution in [0.2, 0.25) is 0 Å². The molecule has 0 N–H and O–H groups in total. The third kappa shape index (κ3) is 9.57. The van der Waals surface area contributed by atoms with E-state index in [1.54, 1.807) is 0 Å². The second-order valence-electron chi connectivity index (χ2n) is 13.2. The minimum absolute atomic E-state index is 0.0784. The molecule has 0 aromatic heterocycles. The Morgan fingerprint density at radius 1 is 0.408 bits per heavy atom. The lowest BCUT2D eigenvalue weighted by Crippen LogP contribution is -2.22. The first kappa shape index (κ1) is 33.9. The van der Waals surface area contributed by atoms with Crippen LogP contribution in [0.15, 0.2) is 97.1 Å². The van der Waals surface area contributed by atoms with Gasteiger partial charge in [0.05, 0.1) is 19.8 Å². The molecule has 3 atom stereocenters. The molecule has 4 aromatic rings. The van der Waals surface area contributed by atoms with E-state index in [0.717, 1.165) is 105 Å². The van der Waals surface area contributed by atoms with Crippen LogP contribution in [0.5, 0.6) is 0 Å². The summed E-state index contributed by atoms with van der Waals surface area (Å²) in [6, 6.07) is 34.7. The maximum absolute atomic E-state index is 6.05. The van der Waals surface area contributed by atoms with E-state index in [9.17, 15) is 0 Å². The summed E-state index contributed by atoms with van der Waals surface area (Å²) < 4.78 is 35.3. The highest BCUT2D eigenvalue weighted by Gasteiger charge is 2.18. The second kappa shape index (κ2) is 17.4. The summed E-state index contributed by atoms with van der Waals surface area (Å²) in [5.74, 6) is 0. The van der Waals surface area contributed by atoms with Crippen LogP contribution in [0.25, 0.3) is 11.1 Å².